The quantitative estimate of drug-likeness (QED) is 0.905. The van der Waals surface area contributed by atoms with Crippen LogP contribution in [0.2, 0.25) is 0 Å². The van der Waals surface area contributed by atoms with Gasteiger partial charge in [-0.3, -0.25) is 9.67 Å². The molecule has 0 aliphatic heterocycles. The van der Waals surface area contributed by atoms with Gasteiger partial charge in [0, 0.05) is 17.8 Å². The van der Waals surface area contributed by atoms with Gasteiger partial charge in [-0.15, -0.1) is 0 Å². The van der Waals surface area contributed by atoms with Gasteiger partial charge in [-0.1, -0.05) is 0 Å². The van der Waals surface area contributed by atoms with E-state index in [-0.39, 0.29) is 5.56 Å². The lowest BCUT2D eigenvalue weighted by Gasteiger charge is -2.07. The highest BCUT2D eigenvalue weighted by molar-refractivity contribution is 5.88. The number of aryl methyl sites for hydroxylation is 1. The number of carboxylic acids is 1. The van der Waals surface area contributed by atoms with E-state index < -0.39 is 5.97 Å². The fourth-order valence-electron chi connectivity index (χ4n) is 1.87. The molecule has 0 amide bonds. The van der Waals surface area contributed by atoms with E-state index in [0.717, 1.165) is 17.1 Å². The van der Waals surface area contributed by atoms with Crippen molar-refractivity contribution in [1.82, 2.24) is 14.8 Å². The number of carbonyl (C=O) groups is 1. The molecule has 2 aromatic heterocycles. The molecule has 2 aromatic rings. The van der Waals surface area contributed by atoms with E-state index in [9.17, 15) is 4.79 Å². The van der Waals surface area contributed by atoms with Crippen LogP contribution in [0.4, 0.5) is 0 Å². The SMILES string of the molecule is COc1cc(C)nc(Cn2ncc(C(=O)O)c2C)c1. The molecular weight excluding hydrogens is 246 g/mol. The van der Waals surface area contributed by atoms with Gasteiger partial charge < -0.3 is 9.84 Å². The molecule has 0 aromatic carbocycles. The monoisotopic (exact) mass is 261 g/mol. The topological polar surface area (TPSA) is 77.2 Å². The van der Waals surface area contributed by atoms with Crippen molar-refractivity contribution < 1.29 is 14.6 Å². The minimum atomic E-state index is -0.974. The van der Waals surface area contributed by atoms with Gasteiger partial charge in [0.25, 0.3) is 0 Å². The predicted octanol–water partition coefficient (Wildman–Crippen LogP) is 1.65. The Morgan fingerprint density at radius 2 is 2.16 bits per heavy atom. The van der Waals surface area contributed by atoms with Crippen LogP contribution in [0.15, 0.2) is 18.3 Å². The molecule has 2 rings (SSSR count). The Morgan fingerprint density at radius 3 is 2.74 bits per heavy atom. The van der Waals surface area contributed by atoms with Gasteiger partial charge in [0.15, 0.2) is 0 Å². The maximum atomic E-state index is 11.0. The molecule has 0 saturated carbocycles. The number of ether oxygens (including phenoxy) is 1. The summed E-state index contributed by atoms with van der Waals surface area (Å²) in [5.41, 5.74) is 2.44. The number of aromatic carboxylic acids is 1. The molecule has 0 atom stereocenters. The highest BCUT2D eigenvalue weighted by atomic mass is 16.5. The largest absolute Gasteiger partial charge is 0.497 e. The van der Waals surface area contributed by atoms with Crippen LogP contribution in [0.5, 0.6) is 5.75 Å². The van der Waals surface area contributed by atoms with E-state index in [4.69, 9.17) is 9.84 Å². The maximum absolute atomic E-state index is 11.0. The molecule has 0 aliphatic rings. The maximum Gasteiger partial charge on any atom is 0.339 e. The zero-order valence-corrected chi connectivity index (χ0v) is 11.0. The summed E-state index contributed by atoms with van der Waals surface area (Å²) in [5, 5.41) is 13.1. The lowest BCUT2D eigenvalue weighted by Crippen LogP contribution is -2.08. The first kappa shape index (κ1) is 13.1. The predicted molar refractivity (Wildman–Crippen MR) is 68.6 cm³/mol. The third-order valence-corrected chi connectivity index (χ3v) is 2.86. The van der Waals surface area contributed by atoms with Crippen molar-refractivity contribution in [2.45, 2.75) is 20.4 Å². The van der Waals surface area contributed by atoms with Crippen molar-refractivity contribution in [3.05, 3.63) is 41.0 Å². The molecular formula is C13H15N3O3. The van der Waals surface area contributed by atoms with Gasteiger partial charge in [-0.2, -0.15) is 5.10 Å². The van der Waals surface area contributed by atoms with E-state index in [0.29, 0.717) is 12.2 Å². The Bertz CT molecular complexity index is 620. The first-order chi connectivity index (χ1) is 9.01. The number of methoxy groups -OCH3 is 1. The summed E-state index contributed by atoms with van der Waals surface area (Å²) in [4.78, 5) is 15.3. The molecule has 1 N–H and O–H groups in total. The zero-order chi connectivity index (χ0) is 14.0. The Hall–Kier alpha value is -2.37. The third kappa shape index (κ3) is 2.73. The molecule has 0 saturated heterocycles. The molecule has 0 fully saturated rings. The van der Waals surface area contributed by atoms with E-state index in [1.165, 1.54) is 6.20 Å². The number of hydrogen-bond acceptors (Lipinski definition) is 4. The molecule has 100 valence electrons. The van der Waals surface area contributed by atoms with Crippen LogP contribution in [0.1, 0.15) is 27.4 Å². The van der Waals surface area contributed by atoms with Crippen molar-refractivity contribution in [3.63, 3.8) is 0 Å². The Morgan fingerprint density at radius 1 is 1.42 bits per heavy atom. The number of carboxylic acid groups (broad SMARTS) is 1. The average Bonchev–Trinajstić information content (AvgIpc) is 2.70. The number of nitrogens with zero attached hydrogens (tertiary/aromatic N) is 3. The second kappa shape index (κ2) is 5.09. The third-order valence-electron chi connectivity index (χ3n) is 2.86. The van der Waals surface area contributed by atoms with Crippen LogP contribution in [0.25, 0.3) is 0 Å². The molecule has 0 aliphatic carbocycles. The molecule has 2 heterocycles. The summed E-state index contributed by atoms with van der Waals surface area (Å²) in [6.45, 7) is 4.02. The van der Waals surface area contributed by atoms with Gasteiger partial charge in [-0.05, 0) is 13.8 Å². The van der Waals surface area contributed by atoms with E-state index in [1.807, 2.05) is 19.1 Å². The molecule has 0 spiro atoms. The van der Waals surface area contributed by atoms with Crippen LogP contribution >= 0.6 is 0 Å². The Kier molecular flexibility index (Phi) is 3.50. The molecule has 0 bridgehead atoms. The van der Waals surface area contributed by atoms with Gasteiger partial charge >= 0.3 is 5.97 Å². The first-order valence-corrected chi connectivity index (χ1v) is 5.78. The van der Waals surface area contributed by atoms with E-state index in [1.54, 1.807) is 18.7 Å². The van der Waals surface area contributed by atoms with Crippen molar-refractivity contribution >= 4 is 5.97 Å². The first-order valence-electron chi connectivity index (χ1n) is 5.78. The van der Waals surface area contributed by atoms with Gasteiger partial charge in [0.1, 0.15) is 11.3 Å². The second-order valence-electron chi connectivity index (χ2n) is 4.25. The molecule has 0 radical (unpaired) electrons. The normalized spacial score (nSPS) is 10.5. The molecule has 0 unspecified atom stereocenters. The fourth-order valence-corrected chi connectivity index (χ4v) is 1.87. The minimum absolute atomic E-state index is 0.208. The van der Waals surface area contributed by atoms with Crippen molar-refractivity contribution in [2.24, 2.45) is 0 Å². The number of rotatable bonds is 4. The van der Waals surface area contributed by atoms with E-state index in [2.05, 4.69) is 10.1 Å². The summed E-state index contributed by atoms with van der Waals surface area (Å²) in [6, 6.07) is 3.65. The second-order valence-corrected chi connectivity index (χ2v) is 4.25. The van der Waals surface area contributed by atoms with Crippen molar-refractivity contribution in [3.8, 4) is 5.75 Å². The summed E-state index contributed by atoms with van der Waals surface area (Å²) >= 11 is 0. The van der Waals surface area contributed by atoms with Crippen LogP contribution in [0.3, 0.4) is 0 Å². The number of pyridine rings is 1. The summed E-state index contributed by atoms with van der Waals surface area (Å²) in [5.74, 6) is -0.246. The van der Waals surface area contributed by atoms with Crippen molar-refractivity contribution in [1.29, 1.82) is 0 Å². The number of hydrogen-bond donors (Lipinski definition) is 1. The Labute approximate surface area is 110 Å². The lowest BCUT2D eigenvalue weighted by molar-refractivity contribution is 0.0696. The standard InChI is InChI=1S/C13H15N3O3/c1-8-4-11(19-3)5-10(15-8)7-16-9(2)12(6-14-16)13(17)18/h4-6H,7H2,1-3H3,(H,17,18). The average molecular weight is 261 g/mol. The molecule has 6 nitrogen and oxygen atoms in total. The summed E-state index contributed by atoms with van der Waals surface area (Å²) < 4.78 is 6.80. The lowest BCUT2D eigenvalue weighted by atomic mass is 10.2. The highest BCUT2D eigenvalue weighted by Gasteiger charge is 2.13. The van der Waals surface area contributed by atoms with Gasteiger partial charge in [0.05, 0.1) is 31.2 Å². The van der Waals surface area contributed by atoms with E-state index >= 15 is 0 Å². The van der Waals surface area contributed by atoms with Crippen LogP contribution in [-0.4, -0.2) is 33.0 Å². The van der Waals surface area contributed by atoms with Crippen LogP contribution in [0, 0.1) is 13.8 Å². The van der Waals surface area contributed by atoms with Gasteiger partial charge in [0.2, 0.25) is 0 Å². The zero-order valence-electron chi connectivity index (χ0n) is 11.0. The highest BCUT2D eigenvalue weighted by Crippen LogP contribution is 2.15. The number of aromatic nitrogens is 3. The Balaban J connectivity index is 2.31. The minimum Gasteiger partial charge on any atom is -0.497 e. The molecule has 6 heteroatoms. The fraction of sp³-hybridized carbons (Fsp3) is 0.308. The van der Waals surface area contributed by atoms with Crippen molar-refractivity contribution in [2.75, 3.05) is 7.11 Å². The summed E-state index contributed by atoms with van der Waals surface area (Å²) in [7, 11) is 1.60. The van der Waals surface area contributed by atoms with Crippen LogP contribution < -0.4 is 4.74 Å². The summed E-state index contributed by atoms with van der Waals surface area (Å²) in [6.07, 6.45) is 1.35. The van der Waals surface area contributed by atoms with Gasteiger partial charge in [-0.25, -0.2) is 4.79 Å². The molecule has 19 heavy (non-hydrogen) atoms. The van der Waals surface area contributed by atoms with Crippen LogP contribution in [-0.2, 0) is 6.54 Å². The smallest absolute Gasteiger partial charge is 0.339 e.